The number of benzene rings is 3. The second kappa shape index (κ2) is 14.1. The highest BCUT2D eigenvalue weighted by Crippen LogP contribution is 2.30. The summed E-state index contributed by atoms with van der Waals surface area (Å²) in [6.45, 7) is 2.10. The van der Waals surface area contributed by atoms with Gasteiger partial charge in [-0.2, -0.15) is 26.3 Å². The third-order valence-electron chi connectivity index (χ3n) is 5.77. The quantitative estimate of drug-likeness (QED) is 0.142. The van der Waals surface area contributed by atoms with Gasteiger partial charge in [-0.1, -0.05) is 0 Å². The second-order valence-corrected chi connectivity index (χ2v) is 9.36. The van der Waals surface area contributed by atoms with Crippen LogP contribution in [0.3, 0.4) is 0 Å². The highest BCUT2D eigenvalue weighted by molar-refractivity contribution is 5.93. The zero-order valence-electron chi connectivity index (χ0n) is 23.0. The summed E-state index contributed by atoms with van der Waals surface area (Å²) in [4.78, 5) is 48.9. The lowest BCUT2D eigenvalue weighted by atomic mass is 10.1. The van der Waals surface area contributed by atoms with Crippen molar-refractivity contribution in [3.8, 4) is 0 Å². The Bertz CT molecular complexity index is 1350. The molecule has 0 saturated heterocycles. The highest BCUT2D eigenvalue weighted by atomic mass is 19.4. The van der Waals surface area contributed by atoms with E-state index in [2.05, 4.69) is 0 Å². The number of alkyl halides is 6. The van der Waals surface area contributed by atoms with Crippen molar-refractivity contribution in [2.24, 2.45) is 0 Å². The van der Waals surface area contributed by atoms with Gasteiger partial charge in [0.1, 0.15) is 25.4 Å². The lowest BCUT2D eigenvalue weighted by Crippen LogP contribution is -2.23. The van der Waals surface area contributed by atoms with Crippen LogP contribution in [0.1, 0.15) is 66.4 Å². The van der Waals surface area contributed by atoms with E-state index in [1.807, 2.05) is 0 Å². The number of hydrogen-bond acceptors (Lipinski definition) is 8. The maximum absolute atomic E-state index is 12.7. The number of halogens is 6. The van der Waals surface area contributed by atoms with Crippen LogP contribution in [0.5, 0.6) is 0 Å². The van der Waals surface area contributed by atoms with Crippen LogP contribution in [0.15, 0.2) is 72.8 Å². The Labute approximate surface area is 246 Å². The van der Waals surface area contributed by atoms with Gasteiger partial charge in [-0.05, 0) is 86.6 Å². The van der Waals surface area contributed by atoms with Crippen molar-refractivity contribution in [1.82, 2.24) is 0 Å². The number of carbonyl (C=O) groups is 4. The van der Waals surface area contributed by atoms with Crippen LogP contribution in [0.2, 0.25) is 0 Å². The summed E-state index contributed by atoms with van der Waals surface area (Å²) in [6.07, 6.45) is -11.0. The second-order valence-electron chi connectivity index (χ2n) is 9.36. The zero-order valence-corrected chi connectivity index (χ0v) is 23.0. The Hall–Kier alpha value is -4.88. The first-order chi connectivity index (χ1) is 20.5. The maximum Gasteiger partial charge on any atom is 0.416 e. The van der Waals surface area contributed by atoms with Gasteiger partial charge in [0.2, 0.25) is 0 Å². The van der Waals surface area contributed by atoms with Gasteiger partial charge in [-0.3, -0.25) is 0 Å². The molecular weight excluding hydrogens is 602 g/mol. The topological polar surface area (TPSA) is 105 Å². The van der Waals surface area contributed by atoms with E-state index in [9.17, 15) is 45.5 Å². The average Bonchev–Trinajstić information content (AvgIpc) is 2.98. The van der Waals surface area contributed by atoms with E-state index in [0.717, 1.165) is 48.5 Å². The molecule has 3 aromatic carbocycles. The van der Waals surface area contributed by atoms with Crippen molar-refractivity contribution in [1.29, 1.82) is 0 Å². The molecule has 8 nitrogen and oxygen atoms in total. The van der Waals surface area contributed by atoms with Crippen LogP contribution < -0.4 is 0 Å². The summed E-state index contributed by atoms with van der Waals surface area (Å²) in [7, 11) is 0. The van der Waals surface area contributed by atoms with Gasteiger partial charge in [0.25, 0.3) is 0 Å². The standard InChI is InChI=1S/C30H24F6O8/c1-17(43-27(39)21-7-11-23(12-8-21)29(31,32)33)15-41-25(37)19-3-5-20(6-4-19)26(38)42-16-18(2)44-28(40)22-9-13-24(14-10-22)30(34,35)36/h3-14,17-18H,15-16H2,1-2H3. The Morgan fingerprint density at radius 1 is 0.500 bits per heavy atom. The number of esters is 4. The lowest BCUT2D eigenvalue weighted by molar-refractivity contribution is -0.138. The molecule has 2 atom stereocenters. The fraction of sp³-hybridized carbons (Fsp3) is 0.267. The molecule has 0 bridgehead atoms. The van der Waals surface area contributed by atoms with E-state index in [0.29, 0.717) is 0 Å². The lowest BCUT2D eigenvalue weighted by Gasteiger charge is -2.15. The van der Waals surface area contributed by atoms with Gasteiger partial charge < -0.3 is 18.9 Å². The Balaban J connectivity index is 1.42. The van der Waals surface area contributed by atoms with Crippen molar-refractivity contribution in [2.75, 3.05) is 13.2 Å². The fourth-order valence-corrected chi connectivity index (χ4v) is 3.46. The largest absolute Gasteiger partial charge is 0.458 e. The molecule has 0 saturated carbocycles. The molecular formula is C30H24F6O8. The molecule has 0 fully saturated rings. The molecule has 3 rings (SSSR count). The summed E-state index contributed by atoms with van der Waals surface area (Å²) >= 11 is 0. The minimum atomic E-state index is -4.55. The normalized spacial score (nSPS) is 12.9. The van der Waals surface area contributed by atoms with Crippen LogP contribution in [0.25, 0.3) is 0 Å². The predicted molar refractivity (Wildman–Crippen MR) is 140 cm³/mol. The van der Waals surface area contributed by atoms with E-state index >= 15 is 0 Å². The molecule has 234 valence electrons. The fourth-order valence-electron chi connectivity index (χ4n) is 3.46. The summed E-state index contributed by atoms with van der Waals surface area (Å²) in [6, 6.07) is 11.9. The van der Waals surface area contributed by atoms with Gasteiger partial charge in [0.15, 0.2) is 0 Å². The summed E-state index contributed by atoms with van der Waals surface area (Å²) < 4.78 is 96.3. The number of ether oxygens (including phenoxy) is 4. The highest BCUT2D eigenvalue weighted by Gasteiger charge is 2.31. The smallest absolute Gasteiger partial charge is 0.416 e. The van der Waals surface area contributed by atoms with E-state index < -0.39 is 59.6 Å². The van der Waals surface area contributed by atoms with Crippen molar-refractivity contribution in [3.05, 3.63) is 106 Å². The van der Waals surface area contributed by atoms with Crippen LogP contribution in [-0.4, -0.2) is 49.3 Å². The zero-order chi connectivity index (χ0) is 32.7. The molecule has 14 heteroatoms. The van der Waals surface area contributed by atoms with E-state index in [-0.39, 0.29) is 35.5 Å². The minimum absolute atomic E-state index is 0.0432. The minimum Gasteiger partial charge on any atom is -0.458 e. The molecule has 0 spiro atoms. The van der Waals surface area contributed by atoms with Crippen LogP contribution in [-0.2, 0) is 31.3 Å². The summed E-state index contributed by atoms with van der Waals surface area (Å²) in [5.41, 5.74) is -2.01. The summed E-state index contributed by atoms with van der Waals surface area (Å²) in [5.74, 6) is -3.44. The maximum atomic E-state index is 12.7. The molecule has 0 amide bonds. The number of hydrogen-bond donors (Lipinski definition) is 0. The first kappa shape index (κ1) is 33.6. The van der Waals surface area contributed by atoms with Crippen molar-refractivity contribution in [3.63, 3.8) is 0 Å². The molecule has 0 radical (unpaired) electrons. The van der Waals surface area contributed by atoms with Gasteiger partial charge in [0.05, 0.1) is 33.4 Å². The third kappa shape index (κ3) is 9.57. The van der Waals surface area contributed by atoms with Crippen LogP contribution in [0, 0.1) is 0 Å². The molecule has 0 aliphatic heterocycles. The van der Waals surface area contributed by atoms with E-state index in [1.54, 1.807) is 0 Å². The molecule has 0 aliphatic rings. The van der Waals surface area contributed by atoms with Crippen molar-refractivity contribution >= 4 is 23.9 Å². The van der Waals surface area contributed by atoms with Gasteiger partial charge >= 0.3 is 36.2 Å². The third-order valence-corrected chi connectivity index (χ3v) is 5.77. The average molecular weight is 627 g/mol. The SMILES string of the molecule is CC(COC(=O)c1ccc(C(=O)OCC(C)OC(=O)c2ccc(C(F)(F)F)cc2)cc1)OC(=O)c1ccc(C(F)(F)F)cc1. The monoisotopic (exact) mass is 626 g/mol. The van der Waals surface area contributed by atoms with Crippen molar-refractivity contribution < 1.29 is 64.5 Å². The first-order valence-electron chi connectivity index (χ1n) is 12.8. The van der Waals surface area contributed by atoms with Gasteiger partial charge in [-0.15, -0.1) is 0 Å². The van der Waals surface area contributed by atoms with E-state index in [4.69, 9.17) is 18.9 Å². The Morgan fingerprint density at radius 2 is 0.750 bits per heavy atom. The number of carbonyl (C=O) groups excluding carboxylic acids is 4. The van der Waals surface area contributed by atoms with Crippen LogP contribution in [0.4, 0.5) is 26.3 Å². The molecule has 3 aromatic rings. The Morgan fingerprint density at radius 3 is 1.02 bits per heavy atom. The van der Waals surface area contributed by atoms with Gasteiger partial charge in [-0.25, -0.2) is 19.2 Å². The Kier molecular flexibility index (Phi) is 10.7. The summed E-state index contributed by atoms with van der Waals surface area (Å²) in [5, 5.41) is 0. The molecule has 0 heterocycles. The van der Waals surface area contributed by atoms with Gasteiger partial charge in [0, 0.05) is 0 Å². The molecule has 2 unspecified atom stereocenters. The van der Waals surface area contributed by atoms with Crippen molar-refractivity contribution in [2.45, 2.75) is 38.4 Å². The van der Waals surface area contributed by atoms with Crippen LogP contribution >= 0.6 is 0 Å². The molecule has 0 aromatic heterocycles. The number of rotatable bonds is 10. The molecule has 44 heavy (non-hydrogen) atoms. The molecule has 0 aliphatic carbocycles. The first-order valence-corrected chi connectivity index (χ1v) is 12.8. The molecule has 0 N–H and O–H groups in total. The van der Waals surface area contributed by atoms with E-state index in [1.165, 1.54) is 38.1 Å². The predicted octanol–water partition coefficient (Wildman–Crippen LogP) is 6.53.